The minimum Gasteiger partial charge on any atom is -0.383 e. The van der Waals surface area contributed by atoms with Crippen molar-refractivity contribution < 1.29 is 13.2 Å². The van der Waals surface area contributed by atoms with Crippen molar-refractivity contribution in [2.45, 2.75) is 13.8 Å². The van der Waals surface area contributed by atoms with Crippen LogP contribution in [0.15, 0.2) is 47.3 Å². The summed E-state index contributed by atoms with van der Waals surface area (Å²) in [5.74, 6) is -0.128. The number of carbonyl (C=O) groups excluding carboxylic acids is 1. The van der Waals surface area contributed by atoms with E-state index in [0.29, 0.717) is 15.0 Å². The molecular weight excluding hydrogens is 330 g/mol. The summed E-state index contributed by atoms with van der Waals surface area (Å²) in [6, 6.07) is 11.5. The number of aryl methyl sites for hydroxylation is 1. The van der Waals surface area contributed by atoms with Gasteiger partial charge in [-0.3, -0.25) is 9.59 Å². The van der Waals surface area contributed by atoms with Crippen LogP contribution in [0.3, 0.4) is 0 Å². The maximum atomic E-state index is 12.5. The summed E-state index contributed by atoms with van der Waals surface area (Å²) in [6.07, 6.45) is 0. The van der Waals surface area contributed by atoms with Gasteiger partial charge in [0, 0.05) is 0 Å². The zero-order valence-electron chi connectivity index (χ0n) is 12.9. The topological polar surface area (TPSA) is 91.2 Å². The van der Waals surface area contributed by atoms with Crippen molar-refractivity contribution in [3.05, 3.63) is 63.9 Å². The van der Waals surface area contributed by atoms with Crippen molar-refractivity contribution in [3.63, 3.8) is 0 Å². The molecule has 3 aromatic rings. The Balaban J connectivity index is 2.03. The number of para-hydroxylation sites is 1. The Labute approximate surface area is 139 Å². The summed E-state index contributed by atoms with van der Waals surface area (Å²) < 4.78 is 18.3. The number of Topliss-reactive ketones (excluding diaryl/α,β-unsaturated/α-hetero) is 1. The lowest BCUT2D eigenvalue weighted by atomic mass is 10.1. The molecule has 0 aliphatic carbocycles. The molecule has 24 heavy (non-hydrogen) atoms. The number of hydrogen-bond donors (Lipinski definition) is 0. The molecule has 0 aliphatic heterocycles. The van der Waals surface area contributed by atoms with Crippen LogP contribution >= 0.6 is 0 Å². The summed E-state index contributed by atoms with van der Waals surface area (Å²) in [7, 11) is 0. The SMILES string of the molecule is CC(=O)c1ccccc1OS(=O)n1nnc2ccc(C)cc2c1=O. The molecule has 0 amide bonds. The molecule has 7 nitrogen and oxygen atoms in total. The van der Waals surface area contributed by atoms with Crippen molar-refractivity contribution in [1.82, 2.24) is 14.4 Å². The Morgan fingerprint density at radius 1 is 1.21 bits per heavy atom. The van der Waals surface area contributed by atoms with E-state index in [-0.39, 0.29) is 17.1 Å². The van der Waals surface area contributed by atoms with Gasteiger partial charge >= 0.3 is 11.3 Å². The van der Waals surface area contributed by atoms with Gasteiger partial charge in [-0.05, 0) is 43.3 Å². The van der Waals surface area contributed by atoms with Gasteiger partial charge in [0.1, 0.15) is 5.52 Å². The highest BCUT2D eigenvalue weighted by Gasteiger charge is 2.16. The van der Waals surface area contributed by atoms with Gasteiger partial charge in [-0.15, -0.1) is 5.10 Å². The molecule has 0 bridgehead atoms. The van der Waals surface area contributed by atoms with Crippen molar-refractivity contribution in [3.8, 4) is 5.75 Å². The third-order valence-corrected chi connectivity index (χ3v) is 4.20. The van der Waals surface area contributed by atoms with E-state index >= 15 is 0 Å². The smallest absolute Gasteiger partial charge is 0.344 e. The van der Waals surface area contributed by atoms with Crippen molar-refractivity contribution in [2.24, 2.45) is 0 Å². The normalized spacial score (nSPS) is 12.1. The second-order valence-electron chi connectivity index (χ2n) is 5.14. The van der Waals surface area contributed by atoms with Gasteiger partial charge in [0.15, 0.2) is 11.5 Å². The first-order chi connectivity index (χ1) is 11.5. The summed E-state index contributed by atoms with van der Waals surface area (Å²) >= 11 is -2.26. The standard InChI is InChI=1S/C16H13N3O4S/c1-10-7-8-14-13(9-10)16(21)19(18-17-14)24(22)23-15-6-4-3-5-12(15)11(2)20/h3-9H,1-2H3. The maximum Gasteiger partial charge on any atom is 0.344 e. The van der Waals surface area contributed by atoms with Crippen LogP contribution in [0, 0.1) is 6.92 Å². The molecule has 3 rings (SSSR count). The Morgan fingerprint density at radius 3 is 2.71 bits per heavy atom. The highest BCUT2D eigenvalue weighted by molar-refractivity contribution is 7.78. The Hall–Kier alpha value is -2.87. The molecule has 0 fully saturated rings. The lowest BCUT2D eigenvalue weighted by Crippen LogP contribution is -2.29. The quantitative estimate of drug-likeness (QED) is 0.671. The Kier molecular flexibility index (Phi) is 4.22. The van der Waals surface area contributed by atoms with Crippen LogP contribution < -0.4 is 9.74 Å². The molecule has 1 atom stereocenters. The van der Waals surface area contributed by atoms with Gasteiger partial charge in [0.25, 0.3) is 5.56 Å². The van der Waals surface area contributed by atoms with E-state index in [1.54, 1.807) is 36.4 Å². The van der Waals surface area contributed by atoms with Gasteiger partial charge in [-0.1, -0.05) is 27.8 Å². The molecule has 1 heterocycles. The van der Waals surface area contributed by atoms with Crippen molar-refractivity contribution in [2.75, 3.05) is 0 Å². The van der Waals surface area contributed by atoms with Crippen molar-refractivity contribution in [1.29, 1.82) is 0 Å². The second-order valence-corrected chi connectivity index (χ2v) is 6.09. The average molecular weight is 343 g/mol. The predicted molar refractivity (Wildman–Crippen MR) is 89.1 cm³/mol. The zero-order valence-corrected chi connectivity index (χ0v) is 13.7. The zero-order chi connectivity index (χ0) is 17.3. The predicted octanol–water partition coefficient (Wildman–Crippen LogP) is 1.81. The first kappa shape index (κ1) is 16.0. The minimum absolute atomic E-state index is 0.112. The lowest BCUT2D eigenvalue weighted by Gasteiger charge is -2.08. The lowest BCUT2D eigenvalue weighted by molar-refractivity contribution is 0.101. The fourth-order valence-electron chi connectivity index (χ4n) is 2.18. The van der Waals surface area contributed by atoms with Gasteiger partial charge in [-0.2, -0.15) is 4.21 Å². The molecule has 1 aromatic heterocycles. The van der Waals surface area contributed by atoms with Crippen LogP contribution in [-0.2, 0) is 11.3 Å². The van der Waals surface area contributed by atoms with E-state index in [1.807, 2.05) is 6.92 Å². The minimum atomic E-state index is -2.26. The number of hydrogen-bond acceptors (Lipinski definition) is 6. The molecular formula is C16H13N3O4S. The van der Waals surface area contributed by atoms with Crippen LogP contribution in [0.2, 0.25) is 0 Å². The molecule has 0 radical (unpaired) electrons. The number of fused-ring (bicyclic) bond motifs is 1. The first-order valence-corrected chi connectivity index (χ1v) is 8.07. The summed E-state index contributed by atoms with van der Waals surface area (Å²) in [5, 5.41) is 7.82. The summed E-state index contributed by atoms with van der Waals surface area (Å²) in [4.78, 5) is 24.0. The molecule has 1 unspecified atom stereocenters. The molecule has 0 spiro atoms. The summed E-state index contributed by atoms with van der Waals surface area (Å²) in [5.41, 5.74) is 0.960. The highest BCUT2D eigenvalue weighted by atomic mass is 32.2. The van der Waals surface area contributed by atoms with Crippen LogP contribution in [0.1, 0.15) is 22.8 Å². The van der Waals surface area contributed by atoms with Gasteiger partial charge in [0.05, 0.1) is 10.9 Å². The van der Waals surface area contributed by atoms with E-state index in [4.69, 9.17) is 4.18 Å². The van der Waals surface area contributed by atoms with Crippen LogP contribution in [0.4, 0.5) is 0 Å². The second kappa shape index (κ2) is 6.32. The number of nitrogens with zero attached hydrogens (tertiary/aromatic N) is 3. The number of ketones is 1. The first-order valence-electron chi connectivity index (χ1n) is 7.04. The van der Waals surface area contributed by atoms with E-state index in [2.05, 4.69) is 10.3 Å². The number of aromatic nitrogens is 3. The van der Waals surface area contributed by atoms with Crippen LogP contribution in [0.25, 0.3) is 10.9 Å². The highest BCUT2D eigenvalue weighted by Crippen LogP contribution is 2.19. The number of benzene rings is 2. The van der Waals surface area contributed by atoms with Crippen LogP contribution in [0.5, 0.6) is 5.75 Å². The van der Waals surface area contributed by atoms with Gasteiger partial charge in [0.2, 0.25) is 0 Å². The van der Waals surface area contributed by atoms with E-state index in [0.717, 1.165) is 5.56 Å². The number of carbonyl (C=O) groups is 1. The fourth-order valence-corrected chi connectivity index (χ4v) is 2.88. The van der Waals surface area contributed by atoms with E-state index < -0.39 is 16.8 Å². The average Bonchev–Trinajstić information content (AvgIpc) is 2.56. The van der Waals surface area contributed by atoms with Gasteiger partial charge < -0.3 is 4.18 Å². The number of rotatable bonds is 4. The molecule has 122 valence electrons. The molecule has 0 aliphatic rings. The third-order valence-electron chi connectivity index (χ3n) is 3.36. The maximum absolute atomic E-state index is 12.5. The molecule has 8 heteroatoms. The van der Waals surface area contributed by atoms with E-state index in [9.17, 15) is 13.8 Å². The van der Waals surface area contributed by atoms with Crippen molar-refractivity contribution >= 4 is 28.0 Å². The third kappa shape index (κ3) is 2.95. The summed E-state index contributed by atoms with van der Waals surface area (Å²) in [6.45, 7) is 3.20. The Morgan fingerprint density at radius 2 is 1.96 bits per heavy atom. The molecule has 0 saturated heterocycles. The fraction of sp³-hybridized carbons (Fsp3) is 0.125. The van der Waals surface area contributed by atoms with Crippen LogP contribution in [-0.4, -0.2) is 24.4 Å². The Bertz CT molecular complexity index is 1030. The van der Waals surface area contributed by atoms with Gasteiger partial charge in [-0.25, -0.2) is 0 Å². The van der Waals surface area contributed by atoms with E-state index in [1.165, 1.54) is 13.0 Å². The molecule has 0 N–H and O–H groups in total. The molecule has 2 aromatic carbocycles. The monoisotopic (exact) mass is 343 g/mol. The molecule has 0 saturated carbocycles. The largest absolute Gasteiger partial charge is 0.383 e.